The van der Waals surface area contributed by atoms with Crippen molar-refractivity contribution in [1.82, 2.24) is 0 Å². The van der Waals surface area contributed by atoms with E-state index in [1.165, 1.54) is 0 Å². The molecule has 2 rings (SSSR count). The van der Waals surface area contributed by atoms with E-state index in [1.54, 1.807) is 11.8 Å². The fraction of sp³-hybridized carbons (Fsp3) is 0.273. The number of carbonyl (C=O) groups is 2. The summed E-state index contributed by atoms with van der Waals surface area (Å²) in [4.78, 5) is 23.4. The molecule has 14 heavy (non-hydrogen) atoms. The van der Waals surface area contributed by atoms with Crippen LogP contribution in [0.25, 0.3) is 0 Å². The van der Waals surface area contributed by atoms with E-state index >= 15 is 0 Å². The molecule has 1 aromatic rings. The molecule has 3 heteroatoms. The number of fused-ring (bicyclic) bond motifs is 1. The Kier molecular flexibility index (Phi) is 2.42. The molecule has 0 fully saturated rings. The van der Waals surface area contributed by atoms with Gasteiger partial charge in [0.2, 0.25) is 0 Å². The minimum absolute atomic E-state index is 0.0301. The summed E-state index contributed by atoms with van der Waals surface area (Å²) in [5.41, 5.74) is 1.77. The minimum atomic E-state index is -0.450. The molecule has 1 aliphatic rings. The molecule has 1 heterocycles. The highest BCUT2D eigenvalue weighted by atomic mass is 32.2. The summed E-state index contributed by atoms with van der Waals surface area (Å²) < 4.78 is 0. The molecule has 72 valence electrons. The number of thioether (sulfide) groups is 1. The van der Waals surface area contributed by atoms with Crippen molar-refractivity contribution in [3.05, 3.63) is 29.3 Å². The van der Waals surface area contributed by atoms with Crippen LogP contribution in [0.4, 0.5) is 0 Å². The van der Waals surface area contributed by atoms with E-state index in [-0.39, 0.29) is 5.78 Å². The molecule has 0 saturated carbocycles. The average Bonchev–Trinajstić information content (AvgIpc) is 2.20. The standard InChI is InChI=1S/C11H10O2S/c1-7-2-3-10-9(4-7)11(13)8(5-12)6-14-10/h2-5,8H,6H2,1H3. The largest absolute Gasteiger partial charge is 0.303 e. The summed E-state index contributed by atoms with van der Waals surface area (Å²) in [6.45, 7) is 1.95. The van der Waals surface area contributed by atoms with Gasteiger partial charge in [-0.05, 0) is 19.1 Å². The van der Waals surface area contributed by atoms with Crippen LogP contribution in [0.3, 0.4) is 0 Å². The molecule has 0 radical (unpaired) electrons. The molecular formula is C11H10O2S. The molecule has 0 aromatic heterocycles. The Labute approximate surface area is 86.7 Å². The lowest BCUT2D eigenvalue weighted by atomic mass is 9.98. The summed E-state index contributed by atoms with van der Waals surface area (Å²) in [7, 11) is 0. The van der Waals surface area contributed by atoms with Crippen LogP contribution in [0.1, 0.15) is 15.9 Å². The molecule has 1 aliphatic heterocycles. The average molecular weight is 206 g/mol. The number of carbonyl (C=O) groups excluding carboxylic acids is 2. The second kappa shape index (κ2) is 3.58. The van der Waals surface area contributed by atoms with Crippen molar-refractivity contribution in [3.63, 3.8) is 0 Å². The summed E-state index contributed by atoms with van der Waals surface area (Å²) in [5.74, 6) is 0.102. The number of hydrogen-bond donors (Lipinski definition) is 0. The molecule has 1 unspecified atom stereocenters. The summed E-state index contributed by atoms with van der Waals surface area (Å²) in [6, 6.07) is 5.80. The van der Waals surface area contributed by atoms with Gasteiger partial charge in [-0.25, -0.2) is 0 Å². The third kappa shape index (κ3) is 1.48. The number of aryl methyl sites for hydroxylation is 1. The molecule has 0 spiro atoms. The maximum absolute atomic E-state index is 11.8. The first kappa shape index (κ1) is 9.46. The third-order valence-electron chi connectivity index (χ3n) is 2.32. The molecule has 0 amide bonds. The minimum Gasteiger partial charge on any atom is -0.303 e. The van der Waals surface area contributed by atoms with Crippen LogP contribution in [0, 0.1) is 12.8 Å². The fourth-order valence-electron chi connectivity index (χ4n) is 1.52. The zero-order chi connectivity index (χ0) is 10.1. The first-order chi connectivity index (χ1) is 6.72. The van der Waals surface area contributed by atoms with E-state index in [0.29, 0.717) is 11.3 Å². The normalized spacial score (nSPS) is 20.4. The zero-order valence-corrected chi connectivity index (χ0v) is 8.64. The van der Waals surface area contributed by atoms with Crippen molar-refractivity contribution in [2.45, 2.75) is 11.8 Å². The number of rotatable bonds is 1. The molecule has 0 bridgehead atoms. The monoisotopic (exact) mass is 206 g/mol. The first-order valence-corrected chi connectivity index (χ1v) is 5.44. The van der Waals surface area contributed by atoms with Crippen LogP contribution in [0.2, 0.25) is 0 Å². The van der Waals surface area contributed by atoms with Gasteiger partial charge in [0.1, 0.15) is 6.29 Å². The van der Waals surface area contributed by atoms with Crippen LogP contribution in [0.5, 0.6) is 0 Å². The van der Waals surface area contributed by atoms with Gasteiger partial charge < -0.3 is 4.79 Å². The maximum Gasteiger partial charge on any atom is 0.174 e. The van der Waals surface area contributed by atoms with E-state index in [4.69, 9.17) is 0 Å². The molecule has 0 saturated heterocycles. The Morgan fingerprint density at radius 1 is 1.50 bits per heavy atom. The Hall–Kier alpha value is -1.09. The summed E-state index contributed by atoms with van der Waals surface area (Å²) >= 11 is 1.58. The van der Waals surface area contributed by atoms with Gasteiger partial charge in [-0.3, -0.25) is 4.79 Å². The Morgan fingerprint density at radius 3 is 3.00 bits per heavy atom. The Balaban J connectivity index is 2.48. The van der Waals surface area contributed by atoms with Gasteiger partial charge in [0, 0.05) is 16.2 Å². The van der Waals surface area contributed by atoms with Gasteiger partial charge >= 0.3 is 0 Å². The van der Waals surface area contributed by atoms with E-state index in [2.05, 4.69) is 0 Å². The second-order valence-electron chi connectivity index (χ2n) is 3.42. The Bertz CT molecular complexity index is 398. The molecule has 1 atom stereocenters. The van der Waals surface area contributed by atoms with Gasteiger partial charge in [0.25, 0.3) is 0 Å². The highest BCUT2D eigenvalue weighted by Crippen LogP contribution is 2.32. The van der Waals surface area contributed by atoms with Gasteiger partial charge in [-0.15, -0.1) is 11.8 Å². The molecule has 0 N–H and O–H groups in total. The van der Waals surface area contributed by atoms with Crippen molar-refractivity contribution < 1.29 is 9.59 Å². The quantitative estimate of drug-likeness (QED) is 0.521. The lowest BCUT2D eigenvalue weighted by molar-refractivity contribution is -0.109. The molecule has 2 nitrogen and oxygen atoms in total. The predicted molar refractivity (Wildman–Crippen MR) is 55.8 cm³/mol. The number of hydrogen-bond acceptors (Lipinski definition) is 3. The van der Waals surface area contributed by atoms with Gasteiger partial charge in [0.05, 0.1) is 5.92 Å². The van der Waals surface area contributed by atoms with E-state index in [9.17, 15) is 9.59 Å². The van der Waals surface area contributed by atoms with E-state index < -0.39 is 5.92 Å². The smallest absolute Gasteiger partial charge is 0.174 e. The van der Waals surface area contributed by atoms with Gasteiger partial charge in [-0.2, -0.15) is 0 Å². The number of ketones is 1. The van der Waals surface area contributed by atoms with Crippen molar-refractivity contribution >= 4 is 23.8 Å². The van der Waals surface area contributed by atoms with Crippen LogP contribution >= 0.6 is 11.8 Å². The molecule has 0 aliphatic carbocycles. The van der Waals surface area contributed by atoms with Gasteiger partial charge in [-0.1, -0.05) is 11.6 Å². The lowest BCUT2D eigenvalue weighted by Gasteiger charge is -2.18. The number of aldehydes is 1. The third-order valence-corrected chi connectivity index (χ3v) is 3.51. The van der Waals surface area contributed by atoms with Gasteiger partial charge in [0.15, 0.2) is 5.78 Å². The summed E-state index contributed by atoms with van der Waals surface area (Å²) in [5, 5.41) is 0. The molecule has 1 aromatic carbocycles. The SMILES string of the molecule is Cc1ccc2c(c1)C(=O)C(C=O)CS2. The van der Waals surface area contributed by atoms with Crippen molar-refractivity contribution in [2.24, 2.45) is 5.92 Å². The van der Waals surface area contributed by atoms with E-state index in [1.807, 2.05) is 25.1 Å². The molecular weight excluding hydrogens is 196 g/mol. The number of benzene rings is 1. The van der Waals surface area contributed by atoms with Crippen LogP contribution in [-0.2, 0) is 4.79 Å². The summed E-state index contributed by atoms with van der Waals surface area (Å²) in [6.07, 6.45) is 0.751. The zero-order valence-electron chi connectivity index (χ0n) is 7.82. The second-order valence-corrected chi connectivity index (χ2v) is 4.48. The van der Waals surface area contributed by atoms with Crippen LogP contribution < -0.4 is 0 Å². The van der Waals surface area contributed by atoms with Crippen molar-refractivity contribution in [1.29, 1.82) is 0 Å². The predicted octanol–water partition coefficient (Wildman–Crippen LogP) is 2.10. The topological polar surface area (TPSA) is 34.1 Å². The highest BCUT2D eigenvalue weighted by molar-refractivity contribution is 7.99. The fourth-order valence-corrected chi connectivity index (χ4v) is 2.59. The highest BCUT2D eigenvalue weighted by Gasteiger charge is 2.27. The van der Waals surface area contributed by atoms with E-state index in [0.717, 1.165) is 16.7 Å². The first-order valence-electron chi connectivity index (χ1n) is 4.45. The van der Waals surface area contributed by atoms with Crippen molar-refractivity contribution in [3.8, 4) is 0 Å². The lowest BCUT2D eigenvalue weighted by Crippen LogP contribution is -2.23. The van der Waals surface area contributed by atoms with Crippen LogP contribution in [0.15, 0.2) is 23.1 Å². The van der Waals surface area contributed by atoms with Crippen molar-refractivity contribution in [2.75, 3.05) is 5.75 Å². The Morgan fingerprint density at radius 2 is 2.29 bits per heavy atom. The maximum atomic E-state index is 11.8. The van der Waals surface area contributed by atoms with Crippen LogP contribution in [-0.4, -0.2) is 17.8 Å². The number of Topliss-reactive ketones (excluding diaryl/α,β-unsaturated/α-hetero) is 1.